The van der Waals surface area contributed by atoms with E-state index in [1.54, 1.807) is 45.0 Å². The van der Waals surface area contributed by atoms with E-state index in [2.05, 4.69) is 10.2 Å². The Hall–Kier alpha value is -3.78. The van der Waals surface area contributed by atoms with Crippen LogP contribution in [0, 0.1) is 0 Å². The van der Waals surface area contributed by atoms with Crippen molar-refractivity contribution < 1.29 is 19.4 Å². The van der Waals surface area contributed by atoms with Gasteiger partial charge in [-0.3, -0.25) is 4.79 Å². The van der Waals surface area contributed by atoms with Crippen LogP contribution in [0.3, 0.4) is 0 Å². The molecule has 2 heterocycles. The predicted octanol–water partition coefficient (Wildman–Crippen LogP) is 4.81. The summed E-state index contributed by atoms with van der Waals surface area (Å²) in [5, 5.41) is 18.8. The summed E-state index contributed by atoms with van der Waals surface area (Å²) in [4.78, 5) is 28.5. The highest BCUT2D eigenvalue weighted by Gasteiger charge is 2.46. The van der Waals surface area contributed by atoms with E-state index >= 15 is 0 Å². The number of cyclic esters (lactones) is 1. The molecule has 194 valence electrons. The van der Waals surface area contributed by atoms with Gasteiger partial charge in [0, 0.05) is 39.0 Å². The van der Waals surface area contributed by atoms with Gasteiger partial charge in [-0.1, -0.05) is 54.6 Å². The van der Waals surface area contributed by atoms with Crippen molar-refractivity contribution in [1.29, 1.82) is 0 Å². The molecular formula is C29H34N4O4. The van der Waals surface area contributed by atoms with Gasteiger partial charge in [0.05, 0.1) is 17.3 Å². The average molecular weight is 503 g/mol. The highest BCUT2D eigenvalue weighted by atomic mass is 16.6. The fraction of sp³-hybridized carbons (Fsp3) is 0.379. The minimum absolute atomic E-state index is 0.199. The topological polar surface area (TPSA) is 95.9 Å². The number of hydrogen-bond donors (Lipinski definition) is 1. The molecule has 0 radical (unpaired) electrons. The molecule has 1 N–H and O–H groups in total. The molecule has 0 aliphatic carbocycles. The van der Waals surface area contributed by atoms with Gasteiger partial charge in [-0.25, -0.2) is 4.79 Å². The van der Waals surface area contributed by atoms with Gasteiger partial charge in [-0.15, -0.1) is 10.2 Å². The molecule has 0 spiro atoms. The Kier molecular flexibility index (Phi) is 7.32. The Labute approximate surface area is 217 Å². The van der Waals surface area contributed by atoms with Gasteiger partial charge >= 0.3 is 6.09 Å². The van der Waals surface area contributed by atoms with Crippen LogP contribution in [0.15, 0.2) is 66.7 Å². The minimum Gasteiger partial charge on any atom is -0.438 e. The molecular weight excluding hydrogens is 468 g/mol. The number of benzene rings is 2. The van der Waals surface area contributed by atoms with Crippen LogP contribution in [0.2, 0.25) is 0 Å². The predicted molar refractivity (Wildman–Crippen MR) is 141 cm³/mol. The minimum atomic E-state index is -0.999. The van der Waals surface area contributed by atoms with Crippen molar-refractivity contribution in [2.24, 2.45) is 0 Å². The number of hydrogen-bond acceptors (Lipinski definition) is 6. The van der Waals surface area contributed by atoms with Gasteiger partial charge in [0.15, 0.2) is 5.69 Å². The zero-order valence-corrected chi connectivity index (χ0v) is 22.0. The van der Waals surface area contributed by atoms with E-state index in [0.717, 1.165) is 16.7 Å². The van der Waals surface area contributed by atoms with Crippen molar-refractivity contribution in [3.8, 4) is 11.3 Å². The lowest BCUT2D eigenvalue weighted by Crippen LogP contribution is -2.51. The van der Waals surface area contributed by atoms with E-state index in [-0.39, 0.29) is 11.9 Å². The standard InChI is InChI=1S/C29H34N4O4/c1-20(21-11-13-22(14-12-21)24-15-16-25(31-30-24)26(34)32(4)5)33-18-17-29(37-27(33)35,19-28(2,3)36)23-9-7-6-8-10-23/h6-16,20,36H,17-19H2,1-5H3/t20-,29-/m0/s1. The van der Waals surface area contributed by atoms with Crippen molar-refractivity contribution >= 4 is 12.0 Å². The van der Waals surface area contributed by atoms with E-state index in [1.807, 2.05) is 61.5 Å². The number of amides is 2. The SMILES string of the molecule is C[C@@H](c1ccc(-c2ccc(C(=O)N(C)C)nn2)cc1)N1CC[C@](CC(C)(C)O)(c2ccccc2)OC1=O. The van der Waals surface area contributed by atoms with E-state index in [1.165, 1.54) is 4.90 Å². The second kappa shape index (κ2) is 10.3. The number of carbonyl (C=O) groups is 2. The molecule has 8 nitrogen and oxygen atoms in total. The maximum absolute atomic E-state index is 13.3. The van der Waals surface area contributed by atoms with Crippen molar-refractivity contribution in [2.45, 2.75) is 50.9 Å². The number of nitrogens with zero attached hydrogens (tertiary/aromatic N) is 4. The Morgan fingerprint density at radius 3 is 2.30 bits per heavy atom. The number of carbonyl (C=O) groups excluding carboxylic acids is 2. The van der Waals surface area contributed by atoms with Crippen molar-refractivity contribution in [1.82, 2.24) is 20.0 Å². The maximum atomic E-state index is 13.3. The molecule has 37 heavy (non-hydrogen) atoms. The van der Waals surface area contributed by atoms with Crippen LogP contribution in [-0.4, -0.2) is 63.3 Å². The zero-order chi connectivity index (χ0) is 26.8. The van der Waals surface area contributed by atoms with Crippen LogP contribution < -0.4 is 0 Å². The summed E-state index contributed by atoms with van der Waals surface area (Å²) in [6.45, 7) is 5.95. The monoisotopic (exact) mass is 502 g/mol. The van der Waals surface area contributed by atoms with E-state index in [0.29, 0.717) is 30.8 Å². The normalized spacial score (nSPS) is 18.8. The van der Waals surface area contributed by atoms with E-state index < -0.39 is 17.3 Å². The fourth-order valence-electron chi connectivity index (χ4n) is 4.83. The molecule has 1 aliphatic heterocycles. The summed E-state index contributed by atoms with van der Waals surface area (Å²) in [6, 6.07) is 20.7. The molecule has 2 amide bonds. The highest BCUT2D eigenvalue weighted by Crippen LogP contribution is 2.42. The summed E-state index contributed by atoms with van der Waals surface area (Å²) in [5.41, 5.74) is 1.78. The molecule has 0 unspecified atom stereocenters. The molecule has 2 aromatic carbocycles. The lowest BCUT2D eigenvalue weighted by Gasteiger charge is -2.45. The first-order valence-electron chi connectivity index (χ1n) is 12.4. The summed E-state index contributed by atoms with van der Waals surface area (Å²) >= 11 is 0. The van der Waals surface area contributed by atoms with Crippen LogP contribution in [0.4, 0.5) is 4.79 Å². The van der Waals surface area contributed by atoms with E-state index in [4.69, 9.17) is 4.74 Å². The molecule has 0 saturated carbocycles. The Bertz CT molecular complexity index is 1240. The third-order valence-corrected chi connectivity index (χ3v) is 6.74. The summed E-state index contributed by atoms with van der Waals surface area (Å²) < 4.78 is 6.11. The van der Waals surface area contributed by atoms with Gasteiger partial charge < -0.3 is 19.6 Å². The largest absolute Gasteiger partial charge is 0.438 e. The molecule has 1 aromatic heterocycles. The van der Waals surface area contributed by atoms with Crippen molar-refractivity contribution in [3.05, 3.63) is 83.6 Å². The maximum Gasteiger partial charge on any atom is 0.411 e. The molecule has 1 fully saturated rings. The molecule has 3 aromatic rings. The lowest BCUT2D eigenvalue weighted by molar-refractivity contribution is -0.101. The second-order valence-corrected chi connectivity index (χ2v) is 10.5. The molecule has 0 bridgehead atoms. The van der Waals surface area contributed by atoms with Crippen molar-refractivity contribution in [2.75, 3.05) is 20.6 Å². The quantitative estimate of drug-likeness (QED) is 0.498. The van der Waals surface area contributed by atoms with Crippen LogP contribution in [0.25, 0.3) is 11.3 Å². The number of aliphatic hydroxyl groups is 1. The third-order valence-electron chi connectivity index (χ3n) is 6.74. The summed E-state index contributed by atoms with van der Waals surface area (Å²) in [7, 11) is 3.34. The van der Waals surface area contributed by atoms with Gasteiger partial charge in [0.1, 0.15) is 5.60 Å². The van der Waals surface area contributed by atoms with Crippen LogP contribution in [0.5, 0.6) is 0 Å². The Balaban J connectivity index is 1.49. The molecule has 4 rings (SSSR count). The Morgan fingerprint density at radius 1 is 1.08 bits per heavy atom. The highest BCUT2D eigenvalue weighted by molar-refractivity contribution is 5.91. The van der Waals surface area contributed by atoms with E-state index in [9.17, 15) is 14.7 Å². The number of rotatable bonds is 7. The van der Waals surface area contributed by atoms with Crippen LogP contribution >= 0.6 is 0 Å². The van der Waals surface area contributed by atoms with Gasteiger partial charge in [-0.2, -0.15) is 0 Å². The zero-order valence-electron chi connectivity index (χ0n) is 22.0. The Morgan fingerprint density at radius 2 is 1.76 bits per heavy atom. The molecule has 1 aliphatic rings. The second-order valence-electron chi connectivity index (χ2n) is 10.5. The number of ether oxygens (including phenoxy) is 1. The van der Waals surface area contributed by atoms with Gasteiger partial charge in [0.25, 0.3) is 5.91 Å². The average Bonchev–Trinajstić information content (AvgIpc) is 2.88. The summed E-state index contributed by atoms with van der Waals surface area (Å²) in [6.07, 6.45) is 0.484. The summed E-state index contributed by atoms with van der Waals surface area (Å²) in [5.74, 6) is -0.199. The molecule has 8 heteroatoms. The first kappa shape index (κ1) is 26.3. The third kappa shape index (κ3) is 5.80. The number of aromatic nitrogens is 2. The van der Waals surface area contributed by atoms with Crippen molar-refractivity contribution in [3.63, 3.8) is 0 Å². The first-order valence-corrected chi connectivity index (χ1v) is 12.4. The van der Waals surface area contributed by atoms with Crippen LogP contribution in [-0.2, 0) is 10.3 Å². The fourth-order valence-corrected chi connectivity index (χ4v) is 4.83. The van der Waals surface area contributed by atoms with Gasteiger partial charge in [0.2, 0.25) is 0 Å². The lowest BCUT2D eigenvalue weighted by atomic mass is 9.80. The smallest absolute Gasteiger partial charge is 0.411 e. The molecule has 1 saturated heterocycles. The van der Waals surface area contributed by atoms with Crippen LogP contribution in [0.1, 0.15) is 61.3 Å². The molecule has 2 atom stereocenters. The first-order chi connectivity index (χ1) is 17.5. The van der Waals surface area contributed by atoms with Gasteiger partial charge in [-0.05, 0) is 44.0 Å².